The summed E-state index contributed by atoms with van der Waals surface area (Å²) >= 11 is 0. The van der Waals surface area contributed by atoms with Crippen molar-refractivity contribution < 1.29 is 4.79 Å². The van der Waals surface area contributed by atoms with Gasteiger partial charge in [0.1, 0.15) is 6.42 Å². The van der Waals surface area contributed by atoms with Crippen LogP contribution in [-0.2, 0) is 4.79 Å². The van der Waals surface area contributed by atoms with Gasteiger partial charge in [-0.3, -0.25) is 9.20 Å². The molecule has 108 valence electrons. The van der Waals surface area contributed by atoms with Gasteiger partial charge in [0.25, 0.3) is 0 Å². The van der Waals surface area contributed by atoms with Gasteiger partial charge in [-0.1, -0.05) is 12.1 Å². The number of amides is 1. The van der Waals surface area contributed by atoms with E-state index in [2.05, 4.69) is 15.3 Å². The highest BCUT2D eigenvalue weighted by atomic mass is 16.1. The number of aromatic nitrogens is 3. The maximum atomic E-state index is 11.4. The number of carbonyl (C=O) groups is 1. The van der Waals surface area contributed by atoms with Crippen molar-refractivity contribution in [2.45, 2.75) is 13.3 Å². The molecule has 0 aliphatic heterocycles. The lowest BCUT2D eigenvalue weighted by atomic mass is 10.1. The number of anilines is 1. The molecule has 1 aromatic carbocycles. The van der Waals surface area contributed by atoms with Gasteiger partial charge in [-0.15, -0.1) is 0 Å². The van der Waals surface area contributed by atoms with Gasteiger partial charge in [-0.05, 0) is 25.1 Å². The predicted molar refractivity (Wildman–Crippen MR) is 82.0 cm³/mol. The molecule has 2 heterocycles. The van der Waals surface area contributed by atoms with E-state index < -0.39 is 0 Å². The van der Waals surface area contributed by atoms with Crippen molar-refractivity contribution in [3.63, 3.8) is 0 Å². The monoisotopic (exact) mass is 291 g/mol. The number of rotatable bonds is 3. The highest BCUT2D eigenvalue weighted by Crippen LogP contribution is 2.21. The fraction of sp³-hybridized carbons (Fsp3) is 0.125. The summed E-state index contributed by atoms with van der Waals surface area (Å²) in [7, 11) is 0. The Kier molecular flexibility index (Phi) is 3.54. The quantitative estimate of drug-likeness (QED) is 0.803. The van der Waals surface area contributed by atoms with Gasteiger partial charge < -0.3 is 5.32 Å². The van der Waals surface area contributed by atoms with Crippen LogP contribution in [0.3, 0.4) is 0 Å². The van der Waals surface area contributed by atoms with Crippen molar-refractivity contribution in [2.24, 2.45) is 0 Å². The molecule has 1 N–H and O–H groups in total. The van der Waals surface area contributed by atoms with E-state index in [4.69, 9.17) is 5.26 Å². The van der Waals surface area contributed by atoms with E-state index in [0.29, 0.717) is 11.5 Å². The summed E-state index contributed by atoms with van der Waals surface area (Å²) in [5, 5.41) is 11.1. The number of nitrogens with one attached hydrogen (secondary N) is 1. The van der Waals surface area contributed by atoms with E-state index in [0.717, 1.165) is 17.0 Å². The average Bonchev–Trinajstić information content (AvgIpc) is 2.91. The number of nitriles is 1. The second kappa shape index (κ2) is 5.66. The normalized spacial score (nSPS) is 10.4. The van der Waals surface area contributed by atoms with Gasteiger partial charge in [0.2, 0.25) is 11.7 Å². The van der Waals surface area contributed by atoms with Crippen molar-refractivity contribution in [3.8, 4) is 17.3 Å². The van der Waals surface area contributed by atoms with Crippen LogP contribution in [0.1, 0.15) is 12.1 Å². The van der Waals surface area contributed by atoms with Crippen LogP contribution in [0.2, 0.25) is 0 Å². The largest absolute Gasteiger partial charge is 0.325 e. The fourth-order valence-electron chi connectivity index (χ4n) is 2.10. The number of hydrogen-bond acceptors (Lipinski definition) is 4. The van der Waals surface area contributed by atoms with E-state index >= 15 is 0 Å². The van der Waals surface area contributed by atoms with Crippen LogP contribution in [0, 0.1) is 18.3 Å². The second-order valence-electron chi connectivity index (χ2n) is 4.86. The Labute approximate surface area is 127 Å². The lowest BCUT2D eigenvalue weighted by Crippen LogP contribution is -2.09. The molecule has 0 unspecified atom stereocenters. The van der Waals surface area contributed by atoms with Crippen molar-refractivity contribution in [2.75, 3.05) is 5.32 Å². The smallest absolute Gasteiger partial charge is 0.238 e. The molecule has 0 atom stereocenters. The lowest BCUT2D eigenvalue weighted by Gasteiger charge is -2.03. The first kappa shape index (κ1) is 13.8. The third-order valence-corrected chi connectivity index (χ3v) is 3.17. The van der Waals surface area contributed by atoms with Gasteiger partial charge in [0, 0.05) is 29.3 Å². The van der Waals surface area contributed by atoms with Crippen LogP contribution in [0.15, 0.2) is 42.7 Å². The lowest BCUT2D eigenvalue weighted by molar-refractivity contribution is -0.115. The Hall–Kier alpha value is -3.20. The Morgan fingerprint density at radius 2 is 2.05 bits per heavy atom. The van der Waals surface area contributed by atoms with Gasteiger partial charge in [0.15, 0.2) is 0 Å². The highest BCUT2D eigenvalue weighted by molar-refractivity contribution is 5.92. The highest BCUT2D eigenvalue weighted by Gasteiger charge is 2.06. The SMILES string of the molecule is Cc1ccn2cc(-c3ccc(NC(=O)CC#N)cc3)nc2n1. The maximum absolute atomic E-state index is 11.4. The van der Waals surface area contributed by atoms with Gasteiger partial charge in [-0.25, -0.2) is 9.97 Å². The number of nitrogens with zero attached hydrogens (tertiary/aromatic N) is 4. The molecule has 22 heavy (non-hydrogen) atoms. The first-order valence-corrected chi connectivity index (χ1v) is 6.75. The molecule has 0 aliphatic carbocycles. The van der Waals surface area contributed by atoms with Crippen LogP contribution in [-0.4, -0.2) is 20.3 Å². The number of carbonyl (C=O) groups excluding carboxylic acids is 1. The Balaban J connectivity index is 1.85. The zero-order valence-corrected chi connectivity index (χ0v) is 11.9. The van der Waals surface area contributed by atoms with Crippen LogP contribution >= 0.6 is 0 Å². The molecule has 0 fully saturated rings. The number of fused-ring (bicyclic) bond motifs is 1. The maximum Gasteiger partial charge on any atom is 0.238 e. The molecule has 6 heteroatoms. The summed E-state index contributed by atoms with van der Waals surface area (Å²) in [6.07, 6.45) is 3.68. The van der Waals surface area contributed by atoms with Gasteiger partial charge >= 0.3 is 0 Å². The molecule has 6 nitrogen and oxygen atoms in total. The van der Waals surface area contributed by atoms with Gasteiger partial charge in [-0.2, -0.15) is 5.26 Å². The first-order chi connectivity index (χ1) is 10.7. The van der Waals surface area contributed by atoms with E-state index in [1.54, 1.807) is 12.1 Å². The van der Waals surface area contributed by atoms with E-state index in [1.165, 1.54) is 0 Å². The molecule has 0 saturated heterocycles. The summed E-state index contributed by atoms with van der Waals surface area (Å²) in [4.78, 5) is 20.2. The molecule has 0 spiro atoms. The molecular formula is C16H13N5O. The molecule has 3 rings (SSSR count). The number of imidazole rings is 1. The molecule has 2 aromatic heterocycles. The van der Waals surface area contributed by atoms with E-state index in [-0.39, 0.29) is 12.3 Å². The van der Waals surface area contributed by atoms with Gasteiger partial charge in [0.05, 0.1) is 11.8 Å². The number of aryl methyl sites for hydroxylation is 1. The zero-order valence-electron chi connectivity index (χ0n) is 11.9. The minimum Gasteiger partial charge on any atom is -0.325 e. The standard InChI is InChI=1S/C16H13N5O/c1-11-7-9-21-10-14(20-16(21)18-11)12-2-4-13(5-3-12)19-15(22)6-8-17/h2-5,7,9-10H,6H2,1H3,(H,19,22). The third-order valence-electron chi connectivity index (χ3n) is 3.17. The van der Waals surface area contributed by atoms with Crippen molar-refractivity contribution >= 4 is 17.4 Å². The van der Waals surface area contributed by atoms with Crippen molar-refractivity contribution in [1.29, 1.82) is 5.26 Å². The summed E-state index contributed by atoms with van der Waals surface area (Å²) < 4.78 is 1.87. The molecular weight excluding hydrogens is 278 g/mol. The van der Waals surface area contributed by atoms with Crippen LogP contribution in [0.5, 0.6) is 0 Å². The van der Waals surface area contributed by atoms with Crippen LogP contribution in [0.25, 0.3) is 17.0 Å². The van der Waals surface area contributed by atoms with Crippen molar-refractivity contribution in [1.82, 2.24) is 14.4 Å². The summed E-state index contributed by atoms with van der Waals surface area (Å²) in [5.41, 5.74) is 3.32. The number of hydrogen-bond donors (Lipinski definition) is 1. The first-order valence-electron chi connectivity index (χ1n) is 6.75. The van der Waals surface area contributed by atoms with E-state index in [9.17, 15) is 4.79 Å². The summed E-state index contributed by atoms with van der Waals surface area (Å²) in [6, 6.07) is 11.0. The third kappa shape index (κ3) is 2.79. The minimum atomic E-state index is -0.317. The Morgan fingerprint density at radius 3 is 2.77 bits per heavy atom. The van der Waals surface area contributed by atoms with E-state index in [1.807, 2.05) is 48.0 Å². The predicted octanol–water partition coefficient (Wildman–Crippen LogP) is 2.56. The Morgan fingerprint density at radius 1 is 1.27 bits per heavy atom. The summed E-state index contributed by atoms with van der Waals surface area (Å²) in [6.45, 7) is 1.92. The average molecular weight is 291 g/mol. The molecule has 1 amide bonds. The molecule has 0 aliphatic rings. The molecule has 0 radical (unpaired) electrons. The molecule has 0 bridgehead atoms. The zero-order chi connectivity index (χ0) is 15.5. The minimum absolute atomic E-state index is 0.154. The topological polar surface area (TPSA) is 83.1 Å². The van der Waals surface area contributed by atoms with Crippen molar-refractivity contribution in [3.05, 3.63) is 48.4 Å². The molecule has 0 saturated carbocycles. The van der Waals surface area contributed by atoms with Crippen LogP contribution in [0.4, 0.5) is 5.69 Å². The second-order valence-corrected chi connectivity index (χ2v) is 4.86. The summed E-state index contributed by atoms with van der Waals surface area (Å²) in [5.74, 6) is 0.337. The fourth-order valence-corrected chi connectivity index (χ4v) is 2.10. The number of benzene rings is 1. The Bertz CT molecular complexity index is 874. The molecule has 3 aromatic rings. The van der Waals surface area contributed by atoms with Crippen LogP contribution < -0.4 is 5.32 Å².